The zero-order valence-corrected chi connectivity index (χ0v) is 19.6. The van der Waals surface area contributed by atoms with Crippen molar-refractivity contribution in [3.8, 4) is 0 Å². The van der Waals surface area contributed by atoms with Crippen molar-refractivity contribution >= 4 is 28.1 Å². The van der Waals surface area contributed by atoms with E-state index in [1.807, 2.05) is 6.07 Å². The molecular formula is C24H36N6+2. The minimum atomic E-state index is 0.864. The number of anilines is 1. The first kappa shape index (κ1) is 22.0. The van der Waals surface area contributed by atoms with Crippen molar-refractivity contribution in [1.82, 2.24) is 4.57 Å². The number of aryl methyl sites for hydroxylation is 2. The minimum Gasteiger partial charge on any atom is -0.366 e. The molecule has 3 rings (SSSR count). The Morgan fingerprint density at radius 2 is 1.60 bits per heavy atom. The van der Waals surface area contributed by atoms with E-state index >= 15 is 0 Å². The highest BCUT2D eigenvalue weighted by molar-refractivity contribution is 5.76. The lowest BCUT2D eigenvalue weighted by Crippen LogP contribution is -2.42. The molecule has 0 amide bonds. The van der Waals surface area contributed by atoms with Gasteiger partial charge in [0.25, 0.3) is 5.82 Å². The number of imidazole rings is 1. The Morgan fingerprint density at radius 3 is 2.23 bits per heavy atom. The van der Waals surface area contributed by atoms with Crippen LogP contribution < -0.4 is 9.47 Å². The molecule has 6 heteroatoms. The topological polar surface area (TPSA) is 36.8 Å². The Morgan fingerprint density at radius 1 is 0.967 bits per heavy atom. The molecule has 1 aromatic heterocycles. The maximum absolute atomic E-state index is 4.47. The van der Waals surface area contributed by atoms with Gasteiger partial charge >= 0.3 is 0 Å². The molecule has 0 aliphatic rings. The van der Waals surface area contributed by atoms with Crippen molar-refractivity contribution in [2.75, 3.05) is 45.7 Å². The van der Waals surface area contributed by atoms with Crippen LogP contribution in [0.4, 0.5) is 17.1 Å². The lowest BCUT2D eigenvalue weighted by Gasteiger charge is -2.30. The van der Waals surface area contributed by atoms with Gasteiger partial charge in [-0.05, 0) is 42.8 Å². The van der Waals surface area contributed by atoms with Crippen LogP contribution in [0, 0.1) is 6.92 Å². The van der Waals surface area contributed by atoms with Gasteiger partial charge in [-0.3, -0.25) is 0 Å². The van der Waals surface area contributed by atoms with Crippen LogP contribution in [-0.4, -0.2) is 49.8 Å². The third-order valence-corrected chi connectivity index (χ3v) is 5.68. The van der Waals surface area contributed by atoms with Gasteiger partial charge in [-0.25, -0.2) is 9.13 Å². The molecule has 1 heterocycles. The summed E-state index contributed by atoms with van der Waals surface area (Å²) in [5.41, 5.74) is 5.34. The Hall–Kier alpha value is -2.73. The van der Waals surface area contributed by atoms with Crippen molar-refractivity contribution in [1.29, 1.82) is 0 Å². The number of hydrogen-bond donors (Lipinski definition) is 0. The first-order chi connectivity index (χ1) is 14.2. The SMILES string of the molecule is CCCN(CC[N+](C)(C)C)c1ccc(/N=N/c2ccc3c(c2)[n+](C)c(C)n3C)cc1. The molecular weight excluding hydrogens is 372 g/mol. The Balaban J connectivity index is 1.75. The van der Waals surface area contributed by atoms with E-state index in [0.717, 1.165) is 47.4 Å². The molecule has 0 unspecified atom stereocenters. The van der Waals surface area contributed by atoms with Crippen molar-refractivity contribution in [3.05, 3.63) is 48.3 Å². The second-order valence-corrected chi connectivity index (χ2v) is 9.06. The van der Waals surface area contributed by atoms with Gasteiger partial charge in [0.1, 0.15) is 0 Å². The normalized spacial score (nSPS) is 12.2. The summed E-state index contributed by atoms with van der Waals surface area (Å²) in [7, 11) is 10.9. The smallest absolute Gasteiger partial charge is 0.253 e. The van der Waals surface area contributed by atoms with E-state index in [2.05, 4.69) is 110 Å². The van der Waals surface area contributed by atoms with Crippen molar-refractivity contribution in [3.63, 3.8) is 0 Å². The monoisotopic (exact) mass is 408 g/mol. The van der Waals surface area contributed by atoms with Crippen LogP contribution in [0.3, 0.4) is 0 Å². The molecule has 6 nitrogen and oxygen atoms in total. The van der Waals surface area contributed by atoms with E-state index < -0.39 is 0 Å². The van der Waals surface area contributed by atoms with E-state index in [1.54, 1.807) is 0 Å². The quantitative estimate of drug-likeness (QED) is 0.304. The molecule has 2 aromatic carbocycles. The zero-order chi connectivity index (χ0) is 21.9. The molecule has 0 atom stereocenters. The van der Waals surface area contributed by atoms with Crippen LogP contribution in [0.5, 0.6) is 0 Å². The number of hydrogen-bond acceptors (Lipinski definition) is 3. The van der Waals surface area contributed by atoms with E-state index in [4.69, 9.17) is 0 Å². The second kappa shape index (κ2) is 8.96. The molecule has 0 radical (unpaired) electrons. The molecule has 0 saturated carbocycles. The number of azo groups is 1. The summed E-state index contributed by atoms with van der Waals surface area (Å²) in [4.78, 5) is 2.45. The van der Waals surface area contributed by atoms with Gasteiger partial charge in [-0.1, -0.05) is 6.92 Å². The molecule has 0 fully saturated rings. The third-order valence-electron chi connectivity index (χ3n) is 5.68. The number of quaternary nitrogens is 1. The molecule has 0 aliphatic carbocycles. The summed E-state index contributed by atoms with van der Waals surface area (Å²) in [5.74, 6) is 1.21. The fourth-order valence-electron chi connectivity index (χ4n) is 3.61. The van der Waals surface area contributed by atoms with Crippen LogP contribution in [0.2, 0.25) is 0 Å². The molecule has 0 bridgehead atoms. The van der Waals surface area contributed by atoms with Gasteiger partial charge in [0.15, 0.2) is 11.0 Å². The fraction of sp³-hybridized carbons (Fsp3) is 0.458. The van der Waals surface area contributed by atoms with Gasteiger partial charge in [-0.15, -0.1) is 0 Å². The molecule has 0 spiro atoms. The van der Waals surface area contributed by atoms with E-state index in [0.29, 0.717) is 0 Å². The predicted octanol–water partition coefficient (Wildman–Crippen LogP) is 4.65. The summed E-state index contributed by atoms with van der Waals surface area (Å²) in [6.07, 6.45) is 1.14. The second-order valence-electron chi connectivity index (χ2n) is 9.06. The average molecular weight is 409 g/mol. The van der Waals surface area contributed by atoms with E-state index in [9.17, 15) is 0 Å². The Labute approximate surface area is 180 Å². The van der Waals surface area contributed by atoms with Gasteiger partial charge in [0.2, 0.25) is 0 Å². The van der Waals surface area contributed by atoms with Gasteiger partial charge in [0, 0.05) is 25.2 Å². The summed E-state index contributed by atoms with van der Waals surface area (Å²) in [6.45, 7) is 7.57. The lowest BCUT2D eigenvalue weighted by atomic mass is 10.2. The van der Waals surface area contributed by atoms with Crippen LogP contribution in [-0.2, 0) is 14.1 Å². The number of benzene rings is 2. The maximum Gasteiger partial charge on any atom is 0.253 e. The first-order valence-corrected chi connectivity index (χ1v) is 10.7. The van der Waals surface area contributed by atoms with Crippen LogP contribution >= 0.6 is 0 Å². The molecule has 0 saturated heterocycles. The molecule has 0 N–H and O–H groups in total. The fourth-order valence-corrected chi connectivity index (χ4v) is 3.61. The summed E-state index contributed by atoms with van der Waals surface area (Å²) >= 11 is 0. The largest absolute Gasteiger partial charge is 0.366 e. The van der Waals surface area contributed by atoms with Gasteiger partial charge in [-0.2, -0.15) is 10.2 Å². The van der Waals surface area contributed by atoms with Gasteiger partial charge < -0.3 is 9.38 Å². The van der Waals surface area contributed by atoms with Crippen LogP contribution in [0.15, 0.2) is 52.7 Å². The highest BCUT2D eigenvalue weighted by atomic mass is 15.3. The molecule has 3 aromatic rings. The standard InChI is InChI=1S/C24H36N6/c1-8-15-29(16-17-30(5,6)7)22-12-9-20(10-13-22)25-26-21-11-14-23-24(18-21)28(4)19(2)27(23)3/h9-14,18H,8,15-17H2,1-7H3/q+2/b26-25+. The van der Waals surface area contributed by atoms with Crippen molar-refractivity contribution < 1.29 is 9.05 Å². The Kier molecular flexibility index (Phi) is 6.56. The minimum absolute atomic E-state index is 0.864. The van der Waals surface area contributed by atoms with Crippen molar-refractivity contribution in [2.24, 2.45) is 24.3 Å². The maximum atomic E-state index is 4.47. The molecule has 0 aliphatic heterocycles. The highest BCUT2D eigenvalue weighted by Gasteiger charge is 2.16. The first-order valence-electron chi connectivity index (χ1n) is 10.7. The summed E-state index contributed by atoms with van der Waals surface area (Å²) in [5, 5.41) is 8.93. The lowest BCUT2D eigenvalue weighted by molar-refractivity contribution is -0.868. The predicted molar refractivity (Wildman–Crippen MR) is 125 cm³/mol. The molecule has 160 valence electrons. The number of aromatic nitrogens is 2. The highest BCUT2D eigenvalue weighted by Crippen LogP contribution is 2.24. The Bertz CT molecular complexity index is 1020. The van der Waals surface area contributed by atoms with Crippen LogP contribution in [0.1, 0.15) is 19.2 Å². The van der Waals surface area contributed by atoms with Gasteiger partial charge in [0.05, 0.1) is 59.7 Å². The number of likely N-dealkylation sites (N-methyl/N-ethyl adjacent to an activating group) is 1. The van der Waals surface area contributed by atoms with Crippen LogP contribution in [0.25, 0.3) is 11.0 Å². The average Bonchev–Trinajstić information content (AvgIpc) is 2.93. The summed E-state index contributed by atoms with van der Waals surface area (Å²) in [6, 6.07) is 14.6. The van der Waals surface area contributed by atoms with Crippen molar-refractivity contribution in [2.45, 2.75) is 20.3 Å². The number of fused-ring (bicyclic) bond motifs is 1. The number of rotatable bonds is 8. The number of nitrogens with zero attached hydrogens (tertiary/aromatic N) is 6. The molecule has 30 heavy (non-hydrogen) atoms. The van der Waals surface area contributed by atoms with E-state index in [1.165, 1.54) is 17.0 Å². The van der Waals surface area contributed by atoms with E-state index in [-0.39, 0.29) is 0 Å². The summed E-state index contributed by atoms with van der Waals surface area (Å²) < 4.78 is 5.34. The third kappa shape index (κ3) is 5.05. The zero-order valence-electron chi connectivity index (χ0n) is 19.6.